The highest BCUT2D eigenvalue weighted by atomic mass is 32.2. The molecule has 1 unspecified atom stereocenters. The smallest absolute Gasteiger partial charge is 0.364 e. The van der Waals surface area contributed by atoms with Crippen LogP contribution in [0.2, 0.25) is 0 Å². The summed E-state index contributed by atoms with van der Waals surface area (Å²) in [4.78, 5) is 29.1. The van der Waals surface area contributed by atoms with Gasteiger partial charge in [-0.15, -0.1) is 0 Å². The van der Waals surface area contributed by atoms with E-state index < -0.39 is 40.4 Å². The van der Waals surface area contributed by atoms with Gasteiger partial charge in [0.05, 0.1) is 33.4 Å². The second-order valence-corrected chi connectivity index (χ2v) is 10.6. The summed E-state index contributed by atoms with van der Waals surface area (Å²) in [5.41, 5.74) is 3.96. The number of halogens is 3. The number of nitrogens with two attached hydrogens (primary N) is 1. The van der Waals surface area contributed by atoms with Crippen LogP contribution in [-0.2, 0) is 23.7 Å². The first-order valence-corrected chi connectivity index (χ1v) is 13.1. The van der Waals surface area contributed by atoms with Crippen LogP contribution in [0.3, 0.4) is 0 Å². The topological polar surface area (TPSA) is 123 Å². The van der Waals surface area contributed by atoms with Gasteiger partial charge < -0.3 is 11.1 Å². The lowest BCUT2D eigenvalue weighted by Gasteiger charge is -2.30. The fourth-order valence-electron chi connectivity index (χ4n) is 4.46. The molecule has 1 atom stereocenters. The van der Waals surface area contributed by atoms with E-state index in [0.717, 1.165) is 0 Å². The first-order chi connectivity index (χ1) is 17.5. The van der Waals surface area contributed by atoms with Crippen LogP contribution in [0, 0.1) is 12.8 Å². The van der Waals surface area contributed by atoms with E-state index in [9.17, 15) is 27.0 Å². The molecule has 0 spiro atoms. The van der Waals surface area contributed by atoms with Gasteiger partial charge in [-0.25, -0.2) is 13.5 Å². The quantitative estimate of drug-likeness (QED) is 0.479. The lowest BCUT2D eigenvalue weighted by Crippen LogP contribution is -2.37. The molecule has 3 N–H and O–H groups in total. The molecule has 1 fully saturated rings. The Morgan fingerprint density at radius 2 is 1.89 bits per heavy atom. The average Bonchev–Trinajstić information content (AvgIpc) is 3.18. The largest absolute Gasteiger partial charge is 0.437 e. The van der Waals surface area contributed by atoms with Crippen LogP contribution in [-0.4, -0.2) is 53.9 Å². The molecule has 2 aromatic heterocycles. The predicted octanol–water partition coefficient (Wildman–Crippen LogP) is 3.51. The molecular weight excluding hydrogens is 509 g/mol. The summed E-state index contributed by atoms with van der Waals surface area (Å²) in [6.45, 7) is 4.74. The van der Waals surface area contributed by atoms with Crippen LogP contribution < -0.4 is 11.1 Å². The zero-order valence-corrected chi connectivity index (χ0v) is 21.2. The van der Waals surface area contributed by atoms with E-state index in [2.05, 4.69) is 15.4 Å². The van der Waals surface area contributed by atoms with Gasteiger partial charge in [0.25, 0.3) is 11.8 Å². The Bertz CT molecular complexity index is 1370. The van der Waals surface area contributed by atoms with Crippen LogP contribution in [0.1, 0.15) is 52.0 Å². The number of hydrogen-bond acceptors (Lipinski definition) is 5. The van der Waals surface area contributed by atoms with Crippen molar-refractivity contribution in [3.63, 3.8) is 0 Å². The molecule has 0 bridgehead atoms. The Morgan fingerprint density at radius 1 is 1.22 bits per heavy atom. The predicted molar refractivity (Wildman–Crippen MR) is 133 cm³/mol. The van der Waals surface area contributed by atoms with Crippen molar-refractivity contribution < 1.29 is 27.0 Å². The molecule has 2 amide bonds. The normalized spacial score (nSPS) is 16.1. The number of anilines is 1. The third-order valence-electron chi connectivity index (χ3n) is 6.47. The highest BCUT2D eigenvalue weighted by Gasteiger charge is 2.40. The third kappa shape index (κ3) is 5.67. The Labute approximate surface area is 213 Å². The van der Waals surface area contributed by atoms with Crippen molar-refractivity contribution in [1.82, 2.24) is 19.1 Å². The van der Waals surface area contributed by atoms with Crippen LogP contribution in [0.25, 0.3) is 10.9 Å². The number of aromatic nitrogens is 3. The SMILES string of the molecule is CCS(=O)N1CCC(Cn2nc(C(F)(F)F)c(NC(=O)c3cc(C(N)=O)nc4ccccc34)c2C)CC1. The number of nitrogens with zero attached hydrogens (tertiary/aromatic N) is 4. The maximum absolute atomic E-state index is 13.9. The molecule has 198 valence electrons. The zero-order valence-electron chi connectivity index (χ0n) is 20.3. The summed E-state index contributed by atoms with van der Waals surface area (Å²) < 4.78 is 57.0. The number of benzene rings is 1. The van der Waals surface area contributed by atoms with Gasteiger partial charge in [-0.1, -0.05) is 25.1 Å². The number of rotatable bonds is 7. The molecule has 3 aromatic rings. The molecule has 9 nitrogen and oxygen atoms in total. The van der Waals surface area contributed by atoms with E-state index in [1.165, 1.54) is 17.7 Å². The minimum atomic E-state index is -4.81. The molecule has 3 heterocycles. The van der Waals surface area contributed by atoms with Gasteiger partial charge in [-0.2, -0.15) is 18.3 Å². The van der Waals surface area contributed by atoms with Crippen LogP contribution >= 0.6 is 0 Å². The van der Waals surface area contributed by atoms with Crippen molar-refractivity contribution in [2.24, 2.45) is 11.7 Å². The summed E-state index contributed by atoms with van der Waals surface area (Å²) in [6, 6.07) is 7.63. The molecule has 13 heteroatoms. The number of para-hydroxylation sites is 1. The van der Waals surface area contributed by atoms with Gasteiger partial charge >= 0.3 is 6.18 Å². The second kappa shape index (κ2) is 10.6. The van der Waals surface area contributed by atoms with Crippen LogP contribution in [0.5, 0.6) is 0 Å². The molecule has 1 aromatic carbocycles. The highest BCUT2D eigenvalue weighted by molar-refractivity contribution is 7.82. The molecule has 37 heavy (non-hydrogen) atoms. The molecule has 0 saturated carbocycles. The van der Waals surface area contributed by atoms with E-state index in [0.29, 0.717) is 42.6 Å². The minimum absolute atomic E-state index is 0.0315. The molecule has 1 aliphatic heterocycles. The molecular formula is C24H27F3N6O3S. The summed E-state index contributed by atoms with van der Waals surface area (Å²) >= 11 is 0. The van der Waals surface area contributed by atoms with Gasteiger partial charge in [0.1, 0.15) is 5.69 Å². The van der Waals surface area contributed by atoms with Gasteiger partial charge in [0.15, 0.2) is 5.69 Å². The number of alkyl halides is 3. The van der Waals surface area contributed by atoms with Crippen molar-refractivity contribution in [3.05, 3.63) is 53.0 Å². The van der Waals surface area contributed by atoms with E-state index in [-0.39, 0.29) is 29.4 Å². The Morgan fingerprint density at radius 3 is 2.51 bits per heavy atom. The van der Waals surface area contributed by atoms with Gasteiger partial charge in [-0.05, 0) is 37.8 Å². The Kier molecular flexibility index (Phi) is 7.64. The number of pyridine rings is 1. The monoisotopic (exact) mass is 536 g/mol. The summed E-state index contributed by atoms with van der Waals surface area (Å²) in [7, 11) is -1.05. The standard InChI is InChI=1S/C24H27F3N6O3S/c1-3-37(36)32-10-8-15(9-11-32)13-33-14(2)20(21(31-33)24(25,26)27)30-23(35)17-12-19(22(28)34)29-18-7-5-4-6-16(17)18/h4-7,12,15H,3,8-11,13H2,1-2H3,(H2,28,34)(H,30,35). The number of piperidine rings is 1. The van der Waals surface area contributed by atoms with E-state index in [4.69, 9.17) is 5.73 Å². The maximum Gasteiger partial charge on any atom is 0.437 e. The third-order valence-corrected chi connectivity index (χ3v) is 7.90. The number of carbonyl (C=O) groups is 2. The van der Waals surface area contributed by atoms with Crippen molar-refractivity contribution in [2.75, 3.05) is 24.2 Å². The lowest BCUT2D eigenvalue weighted by atomic mass is 9.98. The highest BCUT2D eigenvalue weighted by Crippen LogP contribution is 2.37. The summed E-state index contributed by atoms with van der Waals surface area (Å²) in [6.07, 6.45) is -3.46. The minimum Gasteiger partial charge on any atom is -0.364 e. The van der Waals surface area contributed by atoms with E-state index in [1.54, 1.807) is 24.3 Å². The maximum atomic E-state index is 13.9. The molecule has 1 aliphatic rings. The second-order valence-electron chi connectivity index (χ2n) is 8.86. The average molecular weight is 537 g/mol. The van der Waals surface area contributed by atoms with E-state index >= 15 is 0 Å². The van der Waals surface area contributed by atoms with Gasteiger partial charge in [-0.3, -0.25) is 14.3 Å². The molecule has 4 rings (SSSR count). The van der Waals surface area contributed by atoms with Gasteiger partial charge in [0, 0.05) is 30.8 Å². The molecule has 1 saturated heterocycles. The van der Waals surface area contributed by atoms with Gasteiger partial charge in [0.2, 0.25) is 0 Å². The number of hydrogen-bond donors (Lipinski definition) is 2. The fraction of sp³-hybridized carbons (Fsp3) is 0.417. The molecule has 0 aliphatic carbocycles. The number of amides is 2. The van der Waals surface area contributed by atoms with E-state index in [1.807, 2.05) is 11.2 Å². The Balaban J connectivity index is 1.63. The van der Waals surface area contributed by atoms with Crippen LogP contribution in [0.4, 0.5) is 18.9 Å². The lowest BCUT2D eigenvalue weighted by molar-refractivity contribution is -0.140. The van der Waals surface area contributed by atoms with Crippen molar-refractivity contribution in [1.29, 1.82) is 0 Å². The number of fused-ring (bicyclic) bond motifs is 1. The Hall–Kier alpha value is -3.32. The molecule has 0 radical (unpaired) electrons. The first-order valence-electron chi connectivity index (χ1n) is 11.8. The van der Waals surface area contributed by atoms with Crippen molar-refractivity contribution in [2.45, 2.75) is 39.4 Å². The fourth-order valence-corrected chi connectivity index (χ4v) is 5.45. The van der Waals surface area contributed by atoms with Crippen molar-refractivity contribution in [3.8, 4) is 0 Å². The van der Waals surface area contributed by atoms with Crippen molar-refractivity contribution >= 4 is 39.4 Å². The zero-order chi connectivity index (χ0) is 26.9. The van der Waals surface area contributed by atoms with Crippen LogP contribution in [0.15, 0.2) is 30.3 Å². The number of carbonyl (C=O) groups excluding carboxylic acids is 2. The number of primary amides is 1. The summed E-state index contributed by atoms with van der Waals surface area (Å²) in [5, 5.41) is 6.55. The first kappa shape index (κ1) is 26.7. The summed E-state index contributed by atoms with van der Waals surface area (Å²) in [5.74, 6) is -1.14. The number of nitrogens with one attached hydrogen (secondary N) is 1.